The first kappa shape index (κ1) is 20.1. The molecule has 27 heavy (non-hydrogen) atoms. The number of nitrogens with zero attached hydrogens (tertiary/aromatic N) is 1. The fourth-order valence-electron chi connectivity index (χ4n) is 4.52. The Labute approximate surface area is 161 Å². The molecule has 2 nitrogen and oxygen atoms in total. The van der Waals surface area contributed by atoms with Gasteiger partial charge in [-0.2, -0.15) is 0 Å². The molecule has 4 heteroatoms. The van der Waals surface area contributed by atoms with E-state index in [1.165, 1.54) is 0 Å². The van der Waals surface area contributed by atoms with E-state index in [1.807, 2.05) is 19.1 Å². The molecule has 1 unspecified atom stereocenters. The van der Waals surface area contributed by atoms with Gasteiger partial charge in [0.15, 0.2) is 0 Å². The van der Waals surface area contributed by atoms with Crippen molar-refractivity contribution >= 4 is 5.69 Å². The molecular formula is C23H31F2NO. The molecule has 1 saturated carbocycles. The lowest BCUT2D eigenvalue weighted by molar-refractivity contribution is -0.00223. The molecule has 0 radical (unpaired) electrons. The minimum Gasteiger partial charge on any atom is -0.386 e. The molecule has 1 aromatic carbocycles. The summed E-state index contributed by atoms with van der Waals surface area (Å²) in [6, 6.07) is 7.45. The first-order valence-corrected chi connectivity index (χ1v) is 9.82. The summed E-state index contributed by atoms with van der Waals surface area (Å²) < 4.78 is 27.1. The van der Waals surface area contributed by atoms with Gasteiger partial charge >= 0.3 is 0 Å². The van der Waals surface area contributed by atoms with Crippen molar-refractivity contribution in [2.24, 2.45) is 5.41 Å². The highest BCUT2D eigenvalue weighted by Crippen LogP contribution is 2.54. The molecule has 3 rings (SSSR count). The van der Waals surface area contributed by atoms with Gasteiger partial charge in [-0.25, -0.2) is 8.78 Å². The zero-order valence-electron chi connectivity index (χ0n) is 16.7. The van der Waals surface area contributed by atoms with E-state index in [4.69, 9.17) is 0 Å². The van der Waals surface area contributed by atoms with Crippen molar-refractivity contribution < 1.29 is 13.9 Å². The summed E-state index contributed by atoms with van der Waals surface area (Å²) in [5, 5.41) is 10.7. The van der Waals surface area contributed by atoms with Gasteiger partial charge in [0, 0.05) is 29.3 Å². The fraction of sp³-hybridized carbons (Fsp3) is 0.565. The average Bonchev–Trinajstić information content (AvgIpc) is 2.93. The van der Waals surface area contributed by atoms with Crippen molar-refractivity contribution in [1.29, 1.82) is 0 Å². The van der Waals surface area contributed by atoms with Crippen LogP contribution in [-0.4, -0.2) is 23.2 Å². The van der Waals surface area contributed by atoms with Gasteiger partial charge in [0.1, 0.15) is 0 Å². The number of allylic oxidation sites excluding steroid dienone is 1. The Morgan fingerprint density at radius 2 is 1.70 bits per heavy atom. The molecule has 1 aromatic rings. The second-order valence-corrected chi connectivity index (χ2v) is 8.71. The highest BCUT2D eigenvalue weighted by atomic mass is 19.3. The third kappa shape index (κ3) is 3.56. The van der Waals surface area contributed by atoms with E-state index in [0.29, 0.717) is 5.56 Å². The molecule has 1 aliphatic heterocycles. The van der Waals surface area contributed by atoms with Crippen LogP contribution in [0.2, 0.25) is 0 Å². The van der Waals surface area contributed by atoms with Gasteiger partial charge in [-0.1, -0.05) is 32.2 Å². The molecule has 1 atom stereocenters. The van der Waals surface area contributed by atoms with Gasteiger partial charge in [-0.15, -0.1) is 0 Å². The molecule has 2 aliphatic rings. The lowest BCUT2D eigenvalue weighted by Gasteiger charge is -2.43. The van der Waals surface area contributed by atoms with Crippen molar-refractivity contribution in [2.45, 2.75) is 70.3 Å². The summed E-state index contributed by atoms with van der Waals surface area (Å²) in [4.78, 5) is 2.21. The first-order valence-electron chi connectivity index (χ1n) is 9.82. The third-order valence-corrected chi connectivity index (χ3v) is 7.05. The summed E-state index contributed by atoms with van der Waals surface area (Å²) in [5.41, 5.74) is 2.87. The zero-order valence-corrected chi connectivity index (χ0v) is 16.7. The lowest BCUT2D eigenvalue weighted by Crippen LogP contribution is -2.40. The average molecular weight is 376 g/mol. The van der Waals surface area contributed by atoms with Gasteiger partial charge in [-0.3, -0.25) is 0 Å². The quantitative estimate of drug-likeness (QED) is 0.649. The summed E-state index contributed by atoms with van der Waals surface area (Å²) in [6.07, 6.45) is 4.27. The topological polar surface area (TPSA) is 23.5 Å². The standard InChI is InChI=1S/C23H31F2NO/c1-16(2)23(27)12-10-22(11-13-23)14-15-26(18(22)4)20-8-6-19(7-9-20)17(3)21(5,24)25/h6-9,17,27H,1,4,10-15H2,2-3,5H3/t17?,22-,23+. The number of alkyl halides is 2. The number of halogens is 2. The summed E-state index contributed by atoms with van der Waals surface area (Å²) in [7, 11) is 0. The maximum Gasteiger partial charge on any atom is 0.251 e. The van der Waals surface area contributed by atoms with Crippen molar-refractivity contribution in [2.75, 3.05) is 11.4 Å². The summed E-state index contributed by atoms with van der Waals surface area (Å²) in [5.74, 6) is -3.54. The molecule has 1 saturated heterocycles. The van der Waals surface area contributed by atoms with Gasteiger partial charge in [0.2, 0.25) is 0 Å². The molecular weight excluding hydrogens is 344 g/mol. The Hall–Kier alpha value is -1.68. The monoisotopic (exact) mass is 375 g/mol. The molecule has 2 fully saturated rings. The Kier molecular flexibility index (Phi) is 5.00. The van der Waals surface area contributed by atoms with Gasteiger partial charge in [0.25, 0.3) is 5.92 Å². The summed E-state index contributed by atoms with van der Waals surface area (Å²) in [6.45, 7) is 13.6. The zero-order chi connectivity index (χ0) is 20.0. The predicted molar refractivity (Wildman–Crippen MR) is 107 cm³/mol. The van der Waals surface area contributed by atoms with E-state index < -0.39 is 17.4 Å². The van der Waals surface area contributed by atoms with E-state index in [2.05, 4.69) is 18.1 Å². The van der Waals surface area contributed by atoms with Crippen LogP contribution in [0.15, 0.2) is 48.7 Å². The van der Waals surface area contributed by atoms with Crippen molar-refractivity contribution in [3.63, 3.8) is 0 Å². The van der Waals surface area contributed by atoms with E-state index in [1.54, 1.807) is 19.1 Å². The Balaban J connectivity index is 1.73. The van der Waals surface area contributed by atoms with Crippen LogP contribution in [0, 0.1) is 5.41 Å². The van der Waals surface area contributed by atoms with Crippen molar-refractivity contribution in [3.8, 4) is 0 Å². The van der Waals surface area contributed by atoms with Crippen LogP contribution in [0.5, 0.6) is 0 Å². The molecule has 148 valence electrons. The molecule has 1 spiro atoms. The first-order chi connectivity index (χ1) is 12.5. The van der Waals surface area contributed by atoms with Gasteiger partial charge < -0.3 is 10.0 Å². The Morgan fingerprint density at radius 1 is 1.15 bits per heavy atom. The molecule has 1 heterocycles. The molecule has 1 N–H and O–H groups in total. The number of anilines is 1. The van der Waals surface area contributed by atoms with Gasteiger partial charge in [-0.05, 0) is 69.2 Å². The normalized spacial score (nSPS) is 30.0. The third-order valence-electron chi connectivity index (χ3n) is 7.05. The number of benzene rings is 1. The lowest BCUT2D eigenvalue weighted by atomic mass is 9.65. The predicted octanol–water partition coefficient (Wildman–Crippen LogP) is 6.04. The van der Waals surface area contributed by atoms with Crippen molar-refractivity contribution in [1.82, 2.24) is 0 Å². The van der Waals surface area contributed by atoms with E-state index in [-0.39, 0.29) is 5.41 Å². The minimum absolute atomic E-state index is 0.0318. The highest BCUT2D eigenvalue weighted by molar-refractivity contribution is 5.56. The van der Waals surface area contributed by atoms with Crippen LogP contribution in [0.25, 0.3) is 0 Å². The minimum atomic E-state index is -2.73. The van der Waals surface area contributed by atoms with Crippen LogP contribution in [0.4, 0.5) is 14.5 Å². The fourth-order valence-corrected chi connectivity index (χ4v) is 4.52. The second-order valence-electron chi connectivity index (χ2n) is 8.71. The molecule has 0 aromatic heterocycles. The number of rotatable bonds is 4. The molecule has 1 aliphatic carbocycles. The largest absolute Gasteiger partial charge is 0.386 e. The highest BCUT2D eigenvalue weighted by Gasteiger charge is 2.48. The van der Waals surface area contributed by atoms with Crippen LogP contribution in [0.3, 0.4) is 0 Å². The van der Waals surface area contributed by atoms with Crippen LogP contribution in [-0.2, 0) is 0 Å². The number of aliphatic hydroxyl groups is 1. The van der Waals surface area contributed by atoms with Crippen LogP contribution >= 0.6 is 0 Å². The Bertz CT molecular complexity index is 724. The maximum absolute atomic E-state index is 13.6. The molecule has 0 bridgehead atoms. The molecule has 0 amide bonds. The maximum atomic E-state index is 13.6. The van der Waals surface area contributed by atoms with Crippen LogP contribution in [0.1, 0.15) is 64.4 Å². The SMILES string of the molecule is C=C(C)[C@]1(O)CC[C@]2(CCN(c3ccc(C(C)C(C)(F)F)cc3)C2=C)CC1. The van der Waals surface area contributed by atoms with E-state index in [0.717, 1.165) is 62.5 Å². The number of hydrogen-bond donors (Lipinski definition) is 1. The van der Waals surface area contributed by atoms with Gasteiger partial charge in [0.05, 0.1) is 5.60 Å². The van der Waals surface area contributed by atoms with Crippen molar-refractivity contribution in [3.05, 3.63) is 54.3 Å². The Morgan fingerprint density at radius 3 is 2.19 bits per heavy atom. The smallest absolute Gasteiger partial charge is 0.251 e. The second kappa shape index (κ2) is 6.73. The van der Waals surface area contributed by atoms with Crippen LogP contribution < -0.4 is 4.90 Å². The number of hydrogen-bond acceptors (Lipinski definition) is 2. The van der Waals surface area contributed by atoms with E-state index >= 15 is 0 Å². The van der Waals surface area contributed by atoms with E-state index in [9.17, 15) is 13.9 Å². The summed E-state index contributed by atoms with van der Waals surface area (Å²) >= 11 is 0.